The third-order valence-corrected chi connectivity index (χ3v) is 4.69. The van der Waals surface area contributed by atoms with Crippen molar-refractivity contribution in [2.75, 3.05) is 10.5 Å². The van der Waals surface area contributed by atoms with Gasteiger partial charge in [0.2, 0.25) is 0 Å². The largest absolute Gasteiger partial charge is 0.398 e. The van der Waals surface area contributed by atoms with Crippen molar-refractivity contribution in [1.82, 2.24) is 0 Å². The molecule has 0 bridgehead atoms. The molecule has 0 aliphatic carbocycles. The van der Waals surface area contributed by atoms with E-state index in [4.69, 9.17) is 17.3 Å². The van der Waals surface area contributed by atoms with E-state index >= 15 is 0 Å². The molecule has 0 saturated heterocycles. The molecule has 8 heteroatoms. The van der Waals surface area contributed by atoms with E-state index in [9.17, 15) is 12.8 Å². The Bertz CT molecular complexity index is 748. The smallest absolute Gasteiger partial charge is 0.264 e. The molecule has 0 aromatic heterocycles. The van der Waals surface area contributed by atoms with E-state index in [1.165, 1.54) is 30.3 Å². The molecule has 0 amide bonds. The second kappa shape index (κ2) is 5.59. The Morgan fingerprint density at radius 1 is 1.25 bits per heavy atom. The van der Waals surface area contributed by atoms with Crippen molar-refractivity contribution in [3.63, 3.8) is 0 Å². The molecule has 0 spiro atoms. The Morgan fingerprint density at radius 3 is 2.55 bits per heavy atom. The van der Waals surface area contributed by atoms with Crippen molar-refractivity contribution in [3.05, 3.63) is 51.7 Å². The predicted octanol–water partition coefficient (Wildman–Crippen LogP) is 3.62. The number of nitrogen functional groups attached to an aromatic ring is 1. The number of benzene rings is 2. The lowest BCUT2D eigenvalue weighted by Crippen LogP contribution is -2.16. The van der Waals surface area contributed by atoms with Crippen LogP contribution in [0.5, 0.6) is 0 Å². The van der Waals surface area contributed by atoms with Gasteiger partial charge in [0.25, 0.3) is 10.0 Å². The minimum Gasteiger partial charge on any atom is -0.398 e. The first-order valence-electron chi connectivity index (χ1n) is 5.33. The third kappa shape index (κ3) is 3.05. The van der Waals surface area contributed by atoms with Crippen molar-refractivity contribution in [2.24, 2.45) is 0 Å². The molecule has 0 aliphatic rings. The fourth-order valence-electron chi connectivity index (χ4n) is 1.55. The van der Waals surface area contributed by atoms with Crippen molar-refractivity contribution >= 4 is 48.9 Å². The van der Waals surface area contributed by atoms with Crippen LogP contribution in [0.4, 0.5) is 15.8 Å². The van der Waals surface area contributed by atoms with Gasteiger partial charge in [0.05, 0.1) is 10.7 Å². The van der Waals surface area contributed by atoms with Gasteiger partial charge in [-0.25, -0.2) is 12.8 Å². The van der Waals surface area contributed by atoms with Gasteiger partial charge in [-0.05, 0) is 30.3 Å². The maximum Gasteiger partial charge on any atom is 0.264 e. The van der Waals surface area contributed by atoms with Crippen molar-refractivity contribution in [2.45, 2.75) is 4.90 Å². The van der Waals surface area contributed by atoms with Crippen LogP contribution in [0.3, 0.4) is 0 Å². The average Bonchev–Trinajstić information content (AvgIpc) is 2.33. The first kappa shape index (κ1) is 15.1. The third-order valence-electron chi connectivity index (χ3n) is 2.46. The number of rotatable bonds is 3. The molecule has 3 N–H and O–H groups in total. The number of sulfonamides is 1. The van der Waals surface area contributed by atoms with Crippen LogP contribution in [-0.2, 0) is 10.0 Å². The van der Waals surface area contributed by atoms with E-state index < -0.39 is 15.8 Å². The van der Waals surface area contributed by atoms with Gasteiger partial charge in [-0.15, -0.1) is 0 Å². The molecule has 4 nitrogen and oxygen atoms in total. The summed E-state index contributed by atoms with van der Waals surface area (Å²) in [5.74, 6) is -0.767. The molecule has 0 atom stereocenters. The Kier molecular flexibility index (Phi) is 4.22. The molecule has 0 heterocycles. The van der Waals surface area contributed by atoms with Gasteiger partial charge in [0, 0.05) is 4.47 Å². The van der Waals surface area contributed by atoms with Crippen molar-refractivity contribution < 1.29 is 12.8 Å². The first-order valence-corrected chi connectivity index (χ1v) is 7.98. The maximum atomic E-state index is 13.6. The molecule has 0 fully saturated rings. The first-order chi connectivity index (χ1) is 9.31. The summed E-state index contributed by atoms with van der Waals surface area (Å²) in [5.41, 5.74) is 5.39. The molecule has 20 heavy (non-hydrogen) atoms. The average molecular weight is 380 g/mol. The van der Waals surface area contributed by atoms with Gasteiger partial charge in [0.1, 0.15) is 16.4 Å². The highest BCUT2D eigenvalue weighted by Gasteiger charge is 2.20. The summed E-state index contributed by atoms with van der Waals surface area (Å²) >= 11 is 8.96. The van der Waals surface area contributed by atoms with E-state index in [-0.39, 0.29) is 21.3 Å². The molecular formula is C12H9BrClFN2O2S. The zero-order chi connectivity index (χ0) is 14.9. The van der Waals surface area contributed by atoms with Gasteiger partial charge in [-0.3, -0.25) is 4.72 Å². The van der Waals surface area contributed by atoms with E-state index in [1.807, 2.05) is 0 Å². The maximum absolute atomic E-state index is 13.6. The van der Waals surface area contributed by atoms with E-state index in [0.29, 0.717) is 4.47 Å². The molecule has 0 radical (unpaired) electrons. The number of nitrogens with one attached hydrogen (secondary N) is 1. The summed E-state index contributed by atoms with van der Waals surface area (Å²) in [4.78, 5) is -0.153. The normalized spacial score (nSPS) is 11.3. The predicted molar refractivity (Wildman–Crippen MR) is 80.8 cm³/mol. The minimum atomic E-state index is -4.03. The number of nitrogens with two attached hydrogens (primary N) is 1. The van der Waals surface area contributed by atoms with Crippen LogP contribution >= 0.6 is 27.5 Å². The molecule has 0 saturated carbocycles. The summed E-state index contributed by atoms with van der Waals surface area (Å²) in [6, 6.07) is 8.15. The second-order valence-corrected chi connectivity index (χ2v) is 6.86. The Hall–Kier alpha value is -1.31. The summed E-state index contributed by atoms with van der Waals surface area (Å²) in [6.07, 6.45) is 0. The van der Waals surface area contributed by atoms with Gasteiger partial charge in [-0.2, -0.15) is 0 Å². The molecule has 2 aromatic rings. The van der Waals surface area contributed by atoms with Crippen LogP contribution in [0, 0.1) is 5.82 Å². The zero-order valence-corrected chi connectivity index (χ0v) is 13.1. The van der Waals surface area contributed by atoms with Crippen LogP contribution in [0.1, 0.15) is 0 Å². The topological polar surface area (TPSA) is 72.2 Å². The van der Waals surface area contributed by atoms with Crippen molar-refractivity contribution in [3.8, 4) is 0 Å². The van der Waals surface area contributed by atoms with Gasteiger partial charge < -0.3 is 5.73 Å². The minimum absolute atomic E-state index is 0.0377. The summed E-state index contributed by atoms with van der Waals surface area (Å²) in [5, 5.41) is -0.0377. The molecule has 2 rings (SSSR count). The summed E-state index contributed by atoms with van der Waals surface area (Å²) in [6.45, 7) is 0. The van der Waals surface area contributed by atoms with E-state index in [0.717, 1.165) is 6.07 Å². The van der Waals surface area contributed by atoms with Gasteiger partial charge in [0.15, 0.2) is 0 Å². The van der Waals surface area contributed by atoms with Crippen molar-refractivity contribution in [1.29, 1.82) is 0 Å². The molecular weight excluding hydrogens is 371 g/mol. The Balaban J connectivity index is 2.46. The van der Waals surface area contributed by atoms with Gasteiger partial charge >= 0.3 is 0 Å². The fraction of sp³-hybridized carbons (Fsp3) is 0. The monoisotopic (exact) mass is 378 g/mol. The SMILES string of the molecule is Nc1cc(Br)ccc1S(=O)(=O)Nc1c(F)cccc1Cl. The number of hydrogen-bond acceptors (Lipinski definition) is 3. The molecule has 106 valence electrons. The highest BCUT2D eigenvalue weighted by molar-refractivity contribution is 9.10. The summed E-state index contributed by atoms with van der Waals surface area (Å²) in [7, 11) is -4.03. The second-order valence-electron chi connectivity index (χ2n) is 3.88. The highest BCUT2D eigenvalue weighted by Crippen LogP contribution is 2.29. The summed E-state index contributed by atoms with van der Waals surface area (Å²) < 4.78 is 40.8. The van der Waals surface area contributed by atoms with Crippen LogP contribution in [0.15, 0.2) is 45.8 Å². The molecule has 2 aromatic carbocycles. The number of para-hydroxylation sites is 1. The fourth-order valence-corrected chi connectivity index (χ4v) is 3.40. The lowest BCUT2D eigenvalue weighted by molar-refractivity contribution is 0.599. The lowest BCUT2D eigenvalue weighted by Gasteiger charge is -2.12. The van der Waals surface area contributed by atoms with E-state index in [2.05, 4.69) is 20.7 Å². The lowest BCUT2D eigenvalue weighted by atomic mass is 10.3. The number of halogens is 3. The van der Waals surface area contributed by atoms with Crippen LogP contribution in [-0.4, -0.2) is 8.42 Å². The molecule has 0 aliphatic heterocycles. The molecule has 0 unspecified atom stereocenters. The zero-order valence-electron chi connectivity index (χ0n) is 9.90. The van der Waals surface area contributed by atoms with Crippen LogP contribution in [0.25, 0.3) is 0 Å². The highest BCUT2D eigenvalue weighted by atomic mass is 79.9. The Labute approximate surface area is 128 Å². The van der Waals surface area contributed by atoms with Crippen LogP contribution < -0.4 is 10.5 Å². The van der Waals surface area contributed by atoms with E-state index in [1.54, 1.807) is 0 Å². The standard InChI is InChI=1S/C12H9BrClFN2O2S/c13-7-4-5-11(10(16)6-7)20(18,19)17-12-8(14)2-1-3-9(12)15/h1-6,17H,16H2. The quantitative estimate of drug-likeness (QED) is 0.800. The number of hydrogen-bond donors (Lipinski definition) is 2. The Morgan fingerprint density at radius 2 is 1.95 bits per heavy atom. The van der Waals surface area contributed by atoms with Gasteiger partial charge in [-0.1, -0.05) is 33.6 Å². The number of anilines is 2. The van der Waals surface area contributed by atoms with Crippen LogP contribution in [0.2, 0.25) is 5.02 Å².